The van der Waals surface area contributed by atoms with E-state index < -0.39 is 11.6 Å². The van der Waals surface area contributed by atoms with E-state index in [4.69, 9.17) is 5.26 Å². The van der Waals surface area contributed by atoms with Gasteiger partial charge in [0.1, 0.15) is 5.40 Å². The van der Waals surface area contributed by atoms with Crippen molar-refractivity contribution in [3.8, 4) is 5.40 Å². The van der Waals surface area contributed by atoms with E-state index >= 15 is 0 Å². The number of thioether (sulfide) groups is 1. The maximum Gasteiger partial charge on any atom is 0.162 e. The number of halogens is 2. The van der Waals surface area contributed by atoms with Crippen molar-refractivity contribution in [3.05, 3.63) is 35.4 Å². The fraction of sp³-hybridized carbons (Fsp3) is 0.364. The first-order valence-electron chi connectivity index (χ1n) is 4.61. The van der Waals surface area contributed by atoms with Gasteiger partial charge in [-0.3, -0.25) is 0 Å². The fourth-order valence-corrected chi connectivity index (χ4v) is 1.90. The van der Waals surface area contributed by atoms with Crippen LogP contribution in [0, 0.1) is 22.3 Å². The summed E-state index contributed by atoms with van der Waals surface area (Å²) in [5.74, 6) is -1.02. The molecule has 0 radical (unpaired) electrons. The number of nitrogens with zero attached hydrogens (tertiary/aromatic N) is 1. The smallest absolute Gasteiger partial charge is 0.162 e. The highest BCUT2D eigenvalue weighted by molar-refractivity contribution is 8.03. The Kier molecular flexibility index (Phi) is 4.57. The second-order valence-corrected chi connectivity index (χ2v) is 4.15. The molecule has 0 bridgehead atoms. The minimum absolute atomic E-state index is 0.0680. The van der Waals surface area contributed by atoms with Crippen molar-refractivity contribution < 1.29 is 8.78 Å². The molecule has 0 aliphatic rings. The topological polar surface area (TPSA) is 23.8 Å². The molecule has 0 aliphatic carbocycles. The van der Waals surface area contributed by atoms with Crippen molar-refractivity contribution in [3.63, 3.8) is 0 Å². The number of thiocyanates is 1. The van der Waals surface area contributed by atoms with E-state index in [2.05, 4.69) is 0 Å². The quantitative estimate of drug-likeness (QED) is 0.578. The summed E-state index contributed by atoms with van der Waals surface area (Å²) in [4.78, 5) is 0. The lowest BCUT2D eigenvalue weighted by atomic mass is 9.98. The van der Waals surface area contributed by atoms with Crippen LogP contribution in [-0.2, 0) is 0 Å². The molecular weight excluding hydrogens is 216 g/mol. The molecule has 1 aromatic carbocycles. The molecule has 15 heavy (non-hydrogen) atoms. The summed E-state index contributed by atoms with van der Waals surface area (Å²) >= 11 is 1.13. The van der Waals surface area contributed by atoms with Gasteiger partial charge < -0.3 is 0 Å². The molecule has 0 fully saturated rings. The zero-order valence-corrected chi connectivity index (χ0v) is 9.15. The molecule has 0 heterocycles. The first kappa shape index (κ1) is 12.0. The average molecular weight is 227 g/mol. The van der Waals surface area contributed by atoms with E-state index in [1.165, 1.54) is 6.07 Å². The van der Waals surface area contributed by atoms with Gasteiger partial charge in [-0.05, 0) is 35.7 Å². The Balaban J connectivity index is 2.70. The normalized spacial score (nSPS) is 12.1. The van der Waals surface area contributed by atoms with Crippen LogP contribution < -0.4 is 0 Å². The third-order valence-corrected chi connectivity index (χ3v) is 2.80. The minimum atomic E-state index is -0.813. The lowest BCUT2D eigenvalue weighted by Crippen LogP contribution is -2.00. The zero-order valence-electron chi connectivity index (χ0n) is 8.34. The third-order valence-electron chi connectivity index (χ3n) is 2.23. The molecule has 1 rings (SSSR count). The van der Waals surface area contributed by atoms with Gasteiger partial charge in [-0.15, -0.1) is 0 Å². The predicted octanol–water partition coefficient (Wildman–Crippen LogP) is 3.67. The van der Waals surface area contributed by atoms with Gasteiger partial charge in [0.05, 0.1) is 0 Å². The minimum Gasteiger partial charge on any atom is -0.204 e. The lowest BCUT2D eigenvalue weighted by Gasteiger charge is -2.11. The summed E-state index contributed by atoms with van der Waals surface area (Å²) in [6.07, 6.45) is 0.665. The molecule has 0 N–H and O–H groups in total. The van der Waals surface area contributed by atoms with Crippen molar-refractivity contribution in [2.75, 3.05) is 5.75 Å². The summed E-state index contributed by atoms with van der Waals surface area (Å²) in [7, 11) is 0. The second-order valence-electron chi connectivity index (χ2n) is 3.27. The maximum absolute atomic E-state index is 13.3. The Morgan fingerprint density at radius 2 is 2.20 bits per heavy atom. The molecule has 0 aliphatic heterocycles. The first-order valence-corrected chi connectivity index (χ1v) is 5.60. The lowest BCUT2D eigenvalue weighted by molar-refractivity contribution is 0.489. The second kappa shape index (κ2) is 5.72. The molecule has 1 atom stereocenters. The van der Waals surface area contributed by atoms with E-state index in [1.54, 1.807) is 6.07 Å². The van der Waals surface area contributed by atoms with Crippen molar-refractivity contribution in [2.45, 2.75) is 19.3 Å². The molecule has 80 valence electrons. The van der Waals surface area contributed by atoms with E-state index in [-0.39, 0.29) is 5.92 Å². The van der Waals surface area contributed by atoms with Crippen LogP contribution in [0.25, 0.3) is 0 Å². The van der Waals surface area contributed by atoms with Crippen LogP contribution in [0.1, 0.15) is 24.8 Å². The van der Waals surface area contributed by atoms with Gasteiger partial charge in [-0.1, -0.05) is 19.1 Å². The van der Waals surface area contributed by atoms with Crippen molar-refractivity contribution in [2.24, 2.45) is 0 Å². The summed E-state index contributed by atoms with van der Waals surface area (Å²) in [5, 5.41) is 10.3. The molecule has 1 aromatic rings. The van der Waals surface area contributed by atoms with Crippen LogP contribution in [0.2, 0.25) is 0 Å². The highest BCUT2D eigenvalue weighted by atomic mass is 32.2. The molecule has 0 saturated carbocycles. The Morgan fingerprint density at radius 1 is 1.47 bits per heavy atom. The van der Waals surface area contributed by atoms with Crippen molar-refractivity contribution in [1.82, 2.24) is 0 Å². The van der Waals surface area contributed by atoms with Gasteiger partial charge in [-0.25, -0.2) is 8.78 Å². The first-order chi connectivity index (χ1) is 7.16. The van der Waals surface area contributed by atoms with Gasteiger partial charge >= 0.3 is 0 Å². The number of rotatable bonds is 4. The highest BCUT2D eigenvalue weighted by Crippen LogP contribution is 2.24. The number of nitriles is 1. The van der Waals surface area contributed by atoms with Crippen LogP contribution in [0.15, 0.2) is 18.2 Å². The largest absolute Gasteiger partial charge is 0.204 e. The molecule has 0 saturated heterocycles. The van der Waals surface area contributed by atoms with Crippen molar-refractivity contribution in [1.29, 1.82) is 5.26 Å². The Labute approximate surface area is 92.1 Å². The number of hydrogen-bond donors (Lipinski definition) is 0. The summed E-state index contributed by atoms with van der Waals surface area (Å²) in [6.45, 7) is 1.83. The Morgan fingerprint density at radius 3 is 2.87 bits per heavy atom. The maximum atomic E-state index is 13.3. The molecule has 4 heteroatoms. The zero-order chi connectivity index (χ0) is 11.3. The molecular formula is C11H11F2NS. The summed E-state index contributed by atoms with van der Waals surface area (Å²) < 4.78 is 26.2. The van der Waals surface area contributed by atoms with Crippen molar-refractivity contribution >= 4 is 11.8 Å². The SMILES string of the molecule is CC(CCSC#N)c1cccc(F)c1F. The monoisotopic (exact) mass is 227 g/mol. The van der Waals surface area contributed by atoms with E-state index in [0.717, 1.165) is 17.8 Å². The van der Waals surface area contributed by atoms with Gasteiger partial charge in [0, 0.05) is 5.75 Å². The van der Waals surface area contributed by atoms with Crippen LogP contribution >= 0.6 is 11.8 Å². The van der Waals surface area contributed by atoms with Crippen LogP contribution in [0.4, 0.5) is 8.78 Å². The Bertz CT molecular complexity index is 373. The number of benzene rings is 1. The van der Waals surface area contributed by atoms with E-state index in [0.29, 0.717) is 17.7 Å². The van der Waals surface area contributed by atoms with Gasteiger partial charge in [-0.2, -0.15) is 5.26 Å². The van der Waals surface area contributed by atoms with E-state index in [9.17, 15) is 8.78 Å². The highest BCUT2D eigenvalue weighted by Gasteiger charge is 2.13. The van der Waals surface area contributed by atoms with Crippen LogP contribution in [0.5, 0.6) is 0 Å². The van der Waals surface area contributed by atoms with Crippen LogP contribution in [-0.4, -0.2) is 5.75 Å². The standard InChI is InChI=1S/C11H11F2NS/c1-8(5-6-15-7-14)9-3-2-4-10(12)11(9)13/h2-4,8H,5-6H2,1H3. The molecule has 0 amide bonds. The molecule has 1 unspecified atom stereocenters. The number of hydrogen-bond acceptors (Lipinski definition) is 2. The van der Waals surface area contributed by atoms with E-state index in [1.807, 2.05) is 12.3 Å². The summed E-state index contributed by atoms with van der Waals surface area (Å²) in [6, 6.07) is 4.19. The fourth-order valence-electron chi connectivity index (χ4n) is 1.34. The molecule has 0 spiro atoms. The van der Waals surface area contributed by atoms with Crippen LogP contribution in [0.3, 0.4) is 0 Å². The van der Waals surface area contributed by atoms with Gasteiger partial charge in [0.25, 0.3) is 0 Å². The third kappa shape index (κ3) is 3.21. The summed E-state index contributed by atoms with van der Waals surface area (Å²) in [5.41, 5.74) is 0.383. The molecule has 0 aromatic heterocycles. The molecule has 1 nitrogen and oxygen atoms in total. The Hall–Kier alpha value is -1.08. The predicted molar refractivity (Wildman–Crippen MR) is 57.5 cm³/mol. The average Bonchev–Trinajstić information content (AvgIpc) is 2.22. The van der Waals surface area contributed by atoms with Gasteiger partial charge in [0.2, 0.25) is 0 Å². The van der Waals surface area contributed by atoms with Gasteiger partial charge in [0.15, 0.2) is 11.6 Å².